The molecule has 1 aliphatic rings. The number of rotatable bonds is 8. The van der Waals surface area contributed by atoms with Gasteiger partial charge in [-0.1, -0.05) is 6.07 Å². The van der Waals surface area contributed by atoms with Gasteiger partial charge in [-0.05, 0) is 45.9 Å². The van der Waals surface area contributed by atoms with Crippen molar-refractivity contribution in [1.29, 1.82) is 0 Å². The van der Waals surface area contributed by atoms with E-state index in [4.69, 9.17) is 14.5 Å². The summed E-state index contributed by atoms with van der Waals surface area (Å²) in [4.78, 5) is 27.8. The number of ether oxygens (including phenoxy) is 2. The van der Waals surface area contributed by atoms with Crippen LogP contribution in [0.5, 0.6) is 5.88 Å². The Bertz CT molecular complexity index is 1210. The molecule has 0 saturated carbocycles. The van der Waals surface area contributed by atoms with Gasteiger partial charge in [0.2, 0.25) is 5.88 Å². The Morgan fingerprint density at radius 1 is 1.18 bits per heavy atom. The SMILES string of the molecule is CCO[C@H]1CNC[C@@]1(Nc1c(C)nc(-c2ccc(OC)nc2C)n(CC)c1=O)c1ccccn1. The van der Waals surface area contributed by atoms with Crippen LogP contribution in [-0.4, -0.2) is 52.4 Å². The van der Waals surface area contributed by atoms with Gasteiger partial charge in [0.1, 0.15) is 17.1 Å². The zero-order valence-electron chi connectivity index (χ0n) is 20.4. The van der Waals surface area contributed by atoms with Gasteiger partial charge in [0.05, 0.1) is 30.3 Å². The Kier molecular flexibility index (Phi) is 6.95. The Hall–Kier alpha value is -3.30. The zero-order valence-corrected chi connectivity index (χ0v) is 20.4. The molecule has 2 atom stereocenters. The number of aryl methyl sites for hydroxylation is 2. The Labute approximate surface area is 199 Å². The molecule has 3 aromatic heterocycles. The van der Waals surface area contributed by atoms with Gasteiger partial charge in [-0.3, -0.25) is 14.3 Å². The van der Waals surface area contributed by atoms with E-state index in [1.165, 1.54) is 0 Å². The van der Waals surface area contributed by atoms with Gasteiger partial charge in [-0.15, -0.1) is 0 Å². The lowest BCUT2D eigenvalue weighted by Gasteiger charge is -2.36. The predicted molar refractivity (Wildman–Crippen MR) is 131 cm³/mol. The third-order valence-corrected chi connectivity index (χ3v) is 6.30. The minimum absolute atomic E-state index is 0.141. The molecule has 180 valence electrons. The molecule has 0 aromatic carbocycles. The average Bonchev–Trinajstić information content (AvgIpc) is 3.25. The molecule has 0 amide bonds. The Balaban J connectivity index is 1.84. The number of methoxy groups -OCH3 is 1. The van der Waals surface area contributed by atoms with Gasteiger partial charge in [-0.25, -0.2) is 9.97 Å². The number of hydrogen-bond donors (Lipinski definition) is 2. The van der Waals surface area contributed by atoms with Crippen molar-refractivity contribution in [3.8, 4) is 17.3 Å². The highest BCUT2D eigenvalue weighted by molar-refractivity contribution is 5.62. The van der Waals surface area contributed by atoms with Crippen molar-refractivity contribution in [3.05, 3.63) is 64.0 Å². The van der Waals surface area contributed by atoms with Crippen LogP contribution >= 0.6 is 0 Å². The lowest BCUT2D eigenvalue weighted by atomic mass is 9.90. The largest absolute Gasteiger partial charge is 0.481 e. The molecule has 3 aromatic rings. The molecule has 0 radical (unpaired) electrons. The lowest BCUT2D eigenvalue weighted by Crippen LogP contribution is -2.49. The molecule has 1 aliphatic heterocycles. The smallest absolute Gasteiger partial charge is 0.277 e. The van der Waals surface area contributed by atoms with Gasteiger partial charge in [-0.2, -0.15) is 0 Å². The second-order valence-electron chi connectivity index (χ2n) is 8.32. The first-order valence-corrected chi connectivity index (χ1v) is 11.6. The molecule has 0 aliphatic carbocycles. The number of hydrogen-bond acceptors (Lipinski definition) is 8. The van der Waals surface area contributed by atoms with E-state index in [0.717, 1.165) is 17.0 Å². The molecule has 34 heavy (non-hydrogen) atoms. The van der Waals surface area contributed by atoms with Crippen LogP contribution in [-0.2, 0) is 16.8 Å². The van der Waals surface area contributed by atoms with Crippen molar-refractivity contribution < 1.29 is 9.47 Å². The first-order valence-electron chi connectivity index (χ1n) is 11.6. The van der Waals surface area contributed by atoms with Crippen LogP contribution in [0.25, 0.3) is 11.4 Å². The van der Waals surface area contributed by atoms with Crippen molar-refractivity contribution in [2.75, 3.05) is 32.1 Å². The Morgan fingerprint density at radius 2 is 2.00 bits per heavy atom. The first kappa shape index (κ1) is 23.8. The minimum Gasteiger partial charge on any atom is -0.481 e. The molecule has 9 nitrogen and oxygen atoms in total. The fourth-order valence-corrected chi connectivity index (χ4v) is 4.58. The van der Waals surface area contributed by atoms with E-state index in [9.17, 15) is 4.79 Å². The van der Waals surface area contributed by atoms with E-state index in [1.807, 2.05) is 52.0 Å². The zero-order chi connectivity index (χ0) is 24.3. The normalized spacial score (nSPS) is 19.9. The summed E-state index contributed by atoms with van der Waals surface area (Å²) in [5.74, 6) is 1.11. The van der Waals surface area contributed by atoms with E-state index in [1.54, 1.807) is 23.9 Å². The van der Waals surface area contributed by atoms with Crippen LogP contribution in [0.3, 0.4) is 0 Å². The maximum Gasteiger partial charge on any atom is 0.277 e. The molecular formula is C25H32N6O3. The topological polar surface area (TPSA) is 103 Å². The van der Waals surface area contributed by atoms with E-state index in [0.29, 0.717) is 49.3 Å². The van der Waals surface area contributed by atoms with Gasteiger partial charge in [0, 0.05) is 44.1 Å². The molecule has 4 rings (SSSR count). The summed E-state index contributed by atoms with van der Waals surface area (Å²) in [7, 11) is 1.58. The molecule has 1 saturated heterocycles. The minimum atomic E-state index is -0.701. The number of pyridine rings is 2. The molecule has 1 fully saturated rings. The third-order valence-electron chi connectivity index (χ3n) is 6.30. The molecule has 2 N–H and O–H groups in total. The average molecular weight is 465 g/mol. The van der Waals surface area contributed by atoms with Crippen molar-refractivity contribution in [1.82, 2.24) is 24.8 Å². The van der Waals surface area contributed by atoms with Crippen molar-refractivity contribution in [2.45, 2.75) is 45.9 Å². The molecular weight excluding hydrogens is 432 g/mol. The van der Waals surface area contributed by atoms with Crippen LogP contribution in [0.1, 0.15) is 30.9 Å². The highest BCUT2D eigenvalue weighted by Gasteiger charge is 2.47. The fourth-order valence-electron chi connectivity index (χ4n) is 4.58. The number of nitrogens with zero attached hydrogens (tertiary/aromatic N) is 4. The lowest BCUT2D eigenvalue weighted by molar-refractivity contribution is 0.0384. The van der Waals surface area contributed by atoms with E-state index < -0.39 is 5.54 Å². The summed E-state index contributed by atoms with van der Waals surface area (Å²) in [5, 5.41) is 6.96. The van der Waals surface area contributed by atoms with E-state index in [2.05, 4.69) is 20.6 Å². The maximum atomic E-state index is 13.8. The monoisotopic (exact) mass is 464 g/mol. The summed E-state index contributed by atoms with van der Waals surface area (Å²) in [6, 6.07) is 9.47. The maximum absolute atomic E-state index is 13.8. The predicted octanol–water partition coefficient (Wildman–Crippen LogP) is 2.66. The van der Waals surface area contributed by atoms with Gasteiger partial charge in [0.15, 0.2) is 0 Å². The summed E-state index contributed by atoms with van der Waals surface area (Å²) < 4.78 is 13.0. The third kappa shape index (κ3) is 4.17. The second-order valence-corrected chi connectivity index (χ2v) is 8.32. The van der Waals surface area contributed by atoms with Crippen molar-refractivity contribution in [3.63, 3.8) is 0 Å². The first-order chi connectivity index (χ1) is 16.4. The van der Waals surface area contributed by atoms with Crippen molar-refractivity contribution in [2.24, 2.45) is 0 Å². The van der Waals surface area contributed by atoms with Gasteiger partial charge < -0.3 is 20.1 Å². The standard InChI is InChI=1S/C25H32N6O3/c1-6-31-23(18-11-12-21(33-5)28-16(18)3)29-17(4)22(24(31)32)30-25(19-10-8-9-13-27-19)15-26-14-20(25)34-7-2/h8-13,20,26,30H,6-7,14-15H2,1-5H3/t20-,25+/m0/s1. The number of anilines is 1. The second kappa shape index (κ2) is 9.90. The molecule has 0 bridgehead atoms. The number of aromatic nitrogens is 4. The highest BCUT2D eigenvalue weighted by Crippen LogP contribution is 2.34. The van der Waals surface area contributed by atoms with E-state index in [-0.39, 0.29) is 11.7 Å². The number of nitrogens with one attached hydrogen (secondary N) is 2. The molecule has 9 heteroatoms. The van der Waals surface area contributed by atoms with Crippen LogP contribution < -0.4 is 20.9 Å². The van der Waals surface area contributed by atoms with Crippen LogP contribution in [0.15, 0.2) is 41.3 Å². The Morgan fingerprint density at radius 3 is 2.65 bits per heavy atom. The summed E-state index contributed by atoms with van der Waals surface area (Å²) in [6.07, 6.45) is 1.56. The molecule has 0 unspecified atom stereocenters. The molecule has 4 heterocycles. The van der Waals surface area contributed by atoms with Crippen LogP contribution in [0.2, 0.25) is 0 Å². The fraction of sp³-hybridized carbons (Fsp3) is 0.440. The molecule has 0 spiro atoms. The van der Waals surface area contributed by atoms with Crippen LogP contribution in [0, 0.1) is 13.8 Å². The van der Waals surface area contributed by atoms with E-state index >= 15 is 0 Å². The summed E-state index contributed by atoms with van der Waals surface area (Å²) in [6.45, 7) is 9.89. The van der Waals surface area contributed by atoms with Gasteiger partial charge >= 0.3 is 0 Å². The highest BCUT2D eigenvalue weighted by atomic mass is 16.5. The van der Waals surface area contributed by atoms with Crippen molar-refractivity contribution >= 4 is 5.69 Å². The summed E-state index contributed by atoms with van der Waals surface area (Å²) in [5.41, 5.74) is 2.57. The quantitative estimate of drug-likeness (QED) is 0.525. The summed E-state index contributed by atoms with van der Waals surface area (Å²) >= 11 is 0. The van der Waals surface area contributed by atoms with Crippen LogP contribution in [0.4, 0.5) is 5.69 Å². The van der Waals surface area contributed by atoms with Gasteiger partial charge in [0.25, 0.3) is 5.56 Å².